The Morgan fingerprint density at radius 3 is 2.20 bits per heavy atom. The monoisotopic (exact) mass is 369 g/mol. The van der Waals surface area contributed by atoms with Crippen LogP contribution in [0.5, 0.6) is 11.5 Å². The van der Waals surface area contributed by atoms with E-state index in [2.05, 4.69) is 4.99 Å². The van der Waals surface area contributed by atoms with Crippen LogP contribution in [0.15, 0.2) is 77.8 Å². The fraction of sp³-hybridized carbons (Fsp3) is 0.0952. The summed E-state index contributed by atoms with van der Waals surface area (Å²) in [6.07, 6.45) is 1.81. The number of hydrogen-bond donors (Lipinski definition) is 0. The smallest absolute Gasteiger partial charge is 0.128 e. The van der Waals surface area contributed by atoms with Gasteiger partial charge in [-0.3, -0.25) is 4.99 Å². The van der Waals surface area contributed by atoms with E-state index in [-0.39, 0.29) is 6.04 Å². The summed E-state index contributed by atoms with van der Waals surface area (Å²) in [5.41, 5.74) is 1.78. The van der Waals surface area contributed by atoms with Crippen LogP contribution in [0.3, 0.4) is 0 Å². The SMILES string of the molecule is CC(/N=C/c1cccc(Oc2ccccc2)c1)c1c(Cl)cccc1Cl. The minimum Gasteiger partial charge on any atom is -0.457 e. The predicted molar refractivity (Wildman–Crippen MR) is 105 cm³/mol. The van der Waals surface area contributed by atoms with Gasteiger partial charge in [-0.2, -0.15) is 0 Å². The van der Waals surface area contributed by atoms with Gasteiger partial charge >= 0.3 is 0 Å². The highest BCUT2D eigenvalue weighted by atomic mass is 35.5. The first-order valence-electron chi connectivity index (χ1n) is 7.93. The van der Waals surface area contributed by atoms with Crippen LogP contribution in [-0.2, 0) is 0 Å². The molecule has 2 nitrogen and oxygen atoms in total. The van der Waals surface area contributed by atoms with Crippen molar-refractivity contribution in [1.29, 1.82) is 0 Å². The molecule has 126 valence electrons. The predicted octanol–water partition coefficient (Wildman–Crippen LogP) is 6.97. The first-order chi connectivity index (χ1) is 12.1. The van der Waals surface area contributed by atoms with Crippen LogP contribution < -0.4 is 4.74 Å². The maximum atomic E-state index is 6.24. The van der Waals surface area contributed by atoms with Gasteiger partial charge in [-0.25, -0.2) is 0 Å². The van der Waals surface area contributed by atoms with Gasteiger partial charge in [0.05, 0.1) is 6.04 Å². The van der Waals surface area contributed by atoms with E-state index in [1.54, 1.807) is 0 Å². The van der Waals surface area contributed by atoms with Crippen LogP contribution in [0.4, 0.5) is 0 Å². The lowest BCUT2D eigenvalue weighted by atomic mass is 10.1. The molecular weight excluding hydrogens is 353 g/mol. The second-order valence-corrected chi connectivity index (χ2v) is 6.39. The largest absolute Gasteiger partial charge is 0.457 e. The second kappa shape index (κ2) is 8.19. The average Bonchev–Trinajstić information content (AvgIpc) is 2.61. The minimum atomic E-state index is -0.139. The average molecular weight is 370 g/mol. The van der Waals surface area contributed by atoms with Crippen LogP contribution in [-0.4, -0.2) is 6.21 Å². The van der Waals surface area contributed by atoms with Crippen molar-refractivity contribution in [2.75, 3.05) is 0 Å². The summed E-state index contributed by atoms with van der Waals surface area (Å²) in [6, 6.07) is 22.8. The van der Waals surface area contributed by atoms with Gasteiger partial charge in [-0.05, 0) is 48.9 Å². The minimum absolute atomic E-state index is 0.139. The molecule has 1 atom stereocenters. The molecule has 4 heteroatoms. The van der Waals surface area contributed by atoms with Gasteiger partial charge in [0.25, 0.3) is 0 Å². The van der Waals surface area contributed by atoms with Crippen molar-refractivity contribution in [2.24, 2.45) is 4.99 Å². The maximum Gasteiger partial charge on any atom is 0.128 e. The van der Waals surface area contributed by atoms with Crippen molar-refractivity contribution in [1.82, 2.24) is 0 Å². The Kier molecular flexibility index (Phi) is 5.75. The number of rotatable bonds is 5. The second-order valence-electron chi connectivity index (χ2n) is 5.58. The Hall–Kier alpha value is -2.29. The molecule has 0 N–H and O–H groups in total. The van der Waals surface area contributed by atoms with Crippen LogP contribution in [0.2, 0.25) is 10.0 Å². The fourth-order valence-electron chi connectivity index (χ4n) is 2.47. The van der Waals surface area contributed by atoms with Gasteiger partial charge < -0.3 is 4.74 Å². The Balaban J connectivity index is 1.76. The number of aliphatic imine (C=N–C) groups is 1. The molecule has 0 radical (unpaired) electrons. The number of para-hydroxylation sites is 1. The molecule has 0 amide bonds. The van der Waals surface area contributed by atoms with Crippen molar-refractivity contribution in [3.8, 4) is 11.5 Å². The highest BCUT2D eigenvalue weighted by molar-refractivity contribution is 6.36. The van der Waals surface area contributed by atoms with Crippen LogP contribution >= 0.6 is 23.2 Å². The van der Waals surface area contributed by atoms with Gasteiger partial charge in [0.15, 0.2) is 0 Å². The Morgan fingerprint density at radius 2 is 1.48 bits per heavy atom. The highest BCUT2D eigenvalue weighted by Gasteiger charge is 2.11. The molecule has 0 saturated carbocycles. The Morgan fingerprint density at radius 1 is 0.840 bits per heavy atom. The molecule has 0 bridgehead atoms. The van der Waals surface area contributed by atoms with E-state index in [4.69, 9.17) is 27.9 Å². The molecule has 1 unspecified atom stereocenters. The molecule has 0 aliphatic heterocycles. The molecular formula is C21H17Cl2NO. The summed E-state index contributed by atoms with van der Waals surface area (Å²) in [6.45, 7) is 1.97. The molecule has 0 aliphatic carbocycles. The zero-order chi connectivity index (χ0) is 17.6. The number of hydrogen-bond acceptors (Lipinski definition) is 2. The van der Waals surface area contributed by atoms with Crippen molar-refractivity contribution >= 4 is 29.4 Å². The van der Waals surface area contributed by atoms with Crippen LogP contribution in [0.1, 0.15) is 24.1 Å². The number of ether oxygens (including phenoxy) is 1. The summed E-state index contributed by atoms with van der Waals surface area (Å²) < 4.78 is 5.84. The third-order valence-electron chi connectivity index (χ3n) is 3.70. The van der Waals surface area contributed by atoms with Gasteiger partial charge in [0.2, 0.25) is 0 Å². The van der Waals surface area contributed by atoms with E-state index >= 15 is 0 Å². The molecule has 25 heavy (non-hydrogen) atoms. The summed E-state index contributed by atoms with van der Waals surface area (Å²) in [5.74, 6) is 1.56. The quantitative estimate of drug-likeness (QED) is 0.445. The summed E-state index contributed by atoms with van der Waals surface area (Å²) in [4.78, 5) is 4.59. The number of halogens is 2. The fourth-order valence-corrected chi connectivity index (χ4v) is 3.18. The molecule has 0 saturated heterocycles. The zero-order valence-corrected chi connectivity index (χ0v) is 15.2. The Bertz CT molecular complexity index is 858. The van der Waals surface area contributed by atoms with E-state index in [0.717, 1.165) is 22.6 Å². The summed E-state index contributed by atoms with van der Waals surface area (Å²) >= 11 is 12.5. The summed E-state index contributed by atoms with van der Waals surface area (Å²) in [7, 11) is 0. The molecule has 0 heterocycles. The summed E-state index contributed by atoms with van der Waals surface area (Å²) in [5, 5.41) is 1.25. The lowest BCUT2D eigenvalue weighted by molar-refractivity contribution is 0.482. The van der Waals surface area contributed by atoms with Crippen LogP contribution in [0.25, 0.3) is 0 Å². The first-order valence-corrected chi connectivity index (χ1v) is 8.69. The lowest BCUT2D eigenvalue weighted by Crippen LogP contribution is -1.94. The number of benzene rings is 3. The third kappa shape index (κ3) is 4.62. The molecule has 0 fully saturated rings. The molecule has 3 rings (SSSR count). The van der Waals surface area contributed by atoms with Gasteiger partial charge in [0, 0.05) is 21.8 Å². The molecule has 0 aromatic heterocycles. The standard InChI is InChI=1S/C21H17Cl2NO/c1-15(21-19(22)11-6-12-20(21)23)24-14-16-7-5-10-18(13-16)25-17-8-3-2-4-9-17/h2-15H,1H3/b24-14+. The maximum absolute atomic E-state index is 6.24. The molecule has 0 spiro atoms. The van der Waals surface area contributed by atoms with Gasteiger partial charge in [-0.1, -0.05) is 59.6 Å². The van der Waals surface area contributed by atoms with Crippen molar-refractivity contribution < 1.29 is 4.74 Å². The van der Waals surface area contributed by atoms with Crippen molar-refractivity contribution in [2.45, 2.75) is 13.0 Å². The normalized spacial score (nSPS) is 12.3. The number of nitrogens with zero attached hydrogens (tertiary/aromatic N) is 1. The molecule has 0 aliphatic rings. The topological polar surface area (TPSA) is 21.6 Å². The van der Waals surface area contributed by atoms with E-state index in [1.807, 2.05) is 85.9 Å². The van der Waals surface area contributed by atoms with E-state index in [0.29, 0.717) is 10.0 Å². The lowest BCUT2D eigenvalue weighted by Gasteiger charge is -2.11. The highest BCUT2D eigenvalue weighted by Crippen LogP contribution is 2.32. The third-order valence-corrected chi connectivity index (χ3v) is 4.36. The molecule has 3 aromatic rings. The van der Waals surface area contributed by atoms with E-state index < -0.39 is 0 Å². The van der Waals surface area contributed by atoms with E-state index in [9.17, 15) is 0 Å². The Labute approximate surface area is 157 Å². The van der Waals surface area contributed by atoms with Crippen molar-refractivity contribution in [3.63, 3.8) is 0 Å². The van der Waals surface area contributed by atoms with Gasteiger partial charge in [0.1, 0.15) is 11.5 Å². The first kappa shape index (κ1) is 17.5. The van der Waals surface area contributed by atoms with Crippen LogP contribution in [0, 0.1) is 0 Å². The van der Waals surface area contributed by atoms with Crippen molar-refractivity contribution in [3.05, 3.63) is 94.0 Å². The van der Waals surface area contributed by atoms with Gasteiger partial charge in [-0.15, -0.1) is 0 Å². The zero-order valence-electron chi connectivity index (χ0n) is 13.7. The van der Waals surface area contributed by atoms with E-state index in [1.165, 1.54) is 0 Å². The molecule has 3 aromatic carbocycles.